The first-order valence-electron chi connectivity index (χ1n) is 11.3. The molecule has 3 aliphatic rings. The number of aryl methyl sites for hydroxylation is 1. The lowest BCUT2D eigenvalue weighted by Crippen LogP contribution is -2.49. The molecule has 6 heteroatoms. The molecular formula is C25H33ClO5. The molecule has 0 aliphatic heterocycles. The fraction of sp³-hybridized carbons (Fsp3) is 0.680. The average Bonchev–Trinajstić information content (AvgIpc) is 3.00. The van der Waals surface area contributed by atoms with E-state index in [0.29, 0.717) is 23.6 Å². The molecule has 0 N–H and O–H groups in total. The van der Waals surface area contributed by atoms with E-state index in [1.54, 1.807) is 7.11 Å². The van der Waals surface area contributed by atoms with Gasteiger partial charge in [-0.25, -0.2) is 0 Å². The Bertz CT molecular complexity index is 869. The topological polar surface area (TPSA) is 61.8 Å². The summed E-state index contributed by atoms with van der Waals surface area (Å²) in [6.45, 7) is 5.32. The first-order valence-corrected chi connectivity index (χ1v) is 11.8. The van der Waals surface area contributed by atoms with Crippen LogP contribution in [0.25, 0.3) is 0 Å². The number of halogens is 1. The molecule has 0 saturated heterocycles. The van der Waals surface area contributed by atoms with E-state index >= 15 is 0 Å². The molecule has 2 saturated carbocycles. The van der Waals surface area contributed by atoms with Gasteiger partial charge in [0.25, 0.3) is 0 Å². The Balaban J connectivity index is 1.70. The molecular weight excluding hydrogens is 416 g/mol. The van der Waals surface area contributed by atoms with E-state index in [2.05, 4.69) is 25.1 Å². The van der Waals surface area contributed by atoms with E-state index in [9.17, 15) is 9.59 Å². The molecule has 1 aromatic carbocycles. The lowest BCUT2D eigenvalue weighted by atomic mass is 9.55. The van der Waals surface area contributed by atoms with E-state index in [0.717, 1.165) is 37.9 Å². The standard InChI is InChI=1S/C25H33ClO5/c1-15(27)30-14-25(13-26)12-22-21-7-5-17-11-18(29-4)6-8-19(17)20(21)9-10-24(22,3)23(25)31-16(2)28/h6,8,11,20-23H,5,7,9-10,12-14H2,1-4H3/t20-,21-,22+,23-,24+,25+/m1/s1. The molecule has 0 heterocycles. The lowest BCUT2D eigenvalue weighted by Gasteiger charge is -2.50. The van der Waals surface area contributed by atoms with Gasteiger partial charge in [0.2, 0.25) is 0 Å². The molecule has 0 radical (unpaired) electrons. The van der Waals surface area contributed by atoms with Gasteiger partial charge in [0.15, 0.2) is 0 Å². The van der Waals surface area contributed by atoms with Gasteiger partial charge >= 0.3 is 11.9 Å². The van der Waals surface area contributed by atoms with Gasteiger partial charge in [0.05, 0.1) is 12.5 Å². The van der Waals surface area contributed by atoms with Gasteiger partial charge in [-0.05, 0) is 73.1 Å². The normalized spacial score (nSPS) is 36.0. The summed E-state index contributed by atoms with van der Waals surface area (Å²) in [4.78, 5) is 23.7. The monoisotopic (exact) mass is 448 g/mol. The van der Waals surface area contributed by atoms with Crippen LogP contribution in [0.3, 0.4) is 0 Å². The summed E-state index contributed by atoms with van der Waals surface area (Å²) in [5.74, 6) is 1.94. The fourth-order valence-corrected chi connectivity index (χ4v) is 7.28. The van der Waals surface area contributed by atoms with Gasteiger partial charge in [0, 0.05) is 25.1 Å². The smallest absolute Gasteiger partial charge is 0.302 e. The lowest BCUT2D eigenvalue weighted by molar-refractivity contribution is -0.167. The Morgan fingerprint density at radius 2 is 1.97 bits per heavy atom. The third-order valence-corrected chi connectivity index (χ3v) is 8.80. The van der Waals surface area contributed by atoms with Gasteiger partial charge in [0.1, 0.15) is 18.5 Å². The van der Waals surface area contributed by atoms with Crippen molar-refractivity contribution in [2.45, 2.75) is 64.9 Å². The van der Waals surface area contributed by atoms with Crippen LogP contribution in [0.1, 0.15) is 63.5 Å². The second-order valence-electron chi connectivity index (χ2n) is 9.99. The molecule has 4 rings (SSSR count). The van der Waals surface area contributed by atoms with Crippen molar-refractivity contribution in [3.8, 4) is 5.75 Å². The molecule has 170 valence electrons. The molecule has 0 unspecified atom stereocenters. The summed E-state index contributed by atoms with van der Waals surface area (Å²) in [5, 5.41) is 0. The van der Waals surface area contributed by atoms with E-state index in [1.807, 2.05) is 0 Å². The Morgan fingerprint density at radius 1 is 1.19 bits per heavy atom. The van der Waals surface area contributed by atoms with Gasteiger partial charge < -0.3 is 14.2 Å². The summed E-state index contributed by atoms with van der Waals surface area (Å²) in [5.41, 5.74) is 2.10. The maximum Gasteiger partial charge on any atom is 0.302 e. The number of rotatable bonds is 5. The highest BCUT2D eigenvalue weighted by molar-refractivity contribution is 6.18. The number of carbonyl (C=O) groups excluding carboxylic acids is 2. The Kier molecular flexibility index (Phi) is 6.01. The van der Waals surface area contributed by atoms with Crippen molar-refractivity contribution in [2.75, 3.05) is 19.6 Å². The number of hydrogen-bond acceptors (Lipinski definition) is 5. The van der Waals surface area contributed by atoms with Crippen LogP contribution in [0.4, 0.5) is 0 Å². The third-order valence-electron chi connectivity index (χ3n) is 8.27. The zero-order valence-electron chi connectivity index (χ0n) is 18.9. The van der Waals surface area contributed by atoms with Crippen molar-refractivity contribution in [3.63, 3.8) is 0 Å². The molecule has 0 aromatic heterocycles. The Hall–Kier alpha value is -1.75. The number of hydrogen-bond donors (Lipinski definition) is 0. The van der Waals surface area contributed by atoms with Crippen molar-refractivity contribution in [2.24, 2.45) is 22.7 Å². The van der Waals surface area contributed by atoms with Crippen molar-refractivity contribution < 1.29 is 23.8 Å². The number of carbonyl (C=O) groups is 2. The van der Waals surface area contributed by atoms with Crippen molar-refractivity contribution in [1.29, 1.82) is 0 Å². The van der Waals surface area contributed by atoms with E-state index in [1.165, 1.54) is 25.0 Å². The second-order valence-corrected chi connectivity index (χ2v) is 10.3. The first-order chi connectivity index (χ1) is 14.7. The van der Waals surface area contributed by atoms with Crippen LogP contribution in [0.2, 0.25) is 0 Å². The molecule has 2 fully saturated rings. The molecule has 3 aliphatic carbocycles. The van der Waals surface area contributed by atoms with Gasteiger partial charge in [-0.1, -0.05) is 13.0 Å². The number of methoxy groups -OCH3 is 1. The summed E-state index contributed by atoms with van der Waals surface area (Å²) in [6, 6.07) is 6.48. The highest BCUT2D eigenvalue weighted by atomic mass is 35.5. The van der Waals surface area contributed by atoms with E-state index in [4.69, 9.17) is 25.8 Å². The summed E-state index contributed by atoms with van der Waals surface area (Å²) < 4.78 is 16.9. The van der Waals surface area contributed by atoms with Crippen LogP contribution >= 0.6 is 11.6 Å². The zero-order chi connectivity index (χ0) is 22.4. The molecule has 6 atom stereocenters. The molecule has 31 heavy (non-hydrogen) atoms. The average molecular weight is 449 g/mol. The Morgan fingerprint density at radius 3 is 2.61 bits per heavy atom. The van der Waals surface area contributed by atoms with Crippen LogP contribution in [-0.4, -0.2) is 37.6 Å². The molecule has 1 aromatic rings. The minimum atomic E-state index is -0.548. The van der Waals surface area contributed by atoms with Crippen LogP contribution in [0, 0.1) is 22.7 Å². The highest BCUT2D eigenvalue weighted by Crippen LogP contribution is 2.66. The van der Waals surface area contributed by atoms with E-state index in [-0.39, 0.29) is 30.1 Å². The quantitative estimate of drug-likeness (QED) is 0.474. The fourth-order valence-electron chi connectivity index (χ4n) is 6.96. The van der Waals surface area contributed by atoms with Gasteiger partial charge in [-0.3, -0.25) is 9.59 Å². The predicted molar refractivity (Wildman–Crippen MR) is 118 cm³/mol. The number of alkyl halides is 1. The van der Waals surface area contributed by atoms with Gasteiger partial charge in [-0.2, -0.15) is 0 Å². The van der Waals surface area contributed by atoms with Crippen molar-refractivity contribution >= 4 is 23.5 Å². The van der Waals surface area contributed by atoms with E-state index < -0.39 is 5.41 Å². The van der Waals surface area contributed by atoms with Crippen molar-refractivity contribution in [3.05, 3.63) is 29.3 Å². The zero-order valence-corrected chi connectivity index (χ0v) is 19.7. The summed E-state index contributed by atoms with van der Waals surface area (Å²) >= 11 is 6.55. The maximum absolute atomic E-state index is 12.1. The first kappa shape index (κ1) is 22.4. The minimum absolute atomic E-state index is 0.175. The number of fused-ring (bicyclic) bond motifs is 5. The summed E-state index contributed by atoms with van der Waals surface area (Å²) in [7, 11) is 1.71. The van der Waals surface area contributed by atoms with Gasteiger partial charge in [-0.15, -0.1) is 11.6 Å². The van der Waals surface area contributed by atoms with Crippen LogP contribution < -0.4 is 4.74 Å². The number of ether oxygens (including phenoxy) is 3. The van der Waals surface area contributed by atoms with Crippen LogP contribution in [0.15, 0.2) is 18.2 Å². The molecule has 5 nitrogen and oxygen atoms in total. The Labute approximate surface area is 189 Å². The number of benzene rings is 1. The largest absolute Gasteiger partial charge is 0.497 e. The summed E-state index contributed by atoms with van der Waals surface area (Å²) in [6.07, 6.45) is 4.60. The maximum atomic E-state index is 12.1. The van der Waals surface area contributed by atoms with Crippen LogP contribution in [-0.2, 0) is 25.5 Å². The van der Waals surface area contributed by atoms with Crippen molar-refractivity contribution in [1.82, 2.24) is 0 Å². The number of esters is 2. The molecule has 0 amide bonds. The second kappa shape index (κ2) is 8.31. The minimum Gasteiger partial charge on any atom is -0.497 e. The predicted octanol–water partition coefficient (Wildman–Crippen LogP) is 4.88. The highest BCUT2D eigenvalue weighted by Gasteiger charge is 2.65. The SMILES string of the molecule is COc1ccc2c(c1)CC[C@@H]1[C@@H]2CC[C@@]2(C)[C@H]1C[C@](CCl)(COC(C)=O)[C@@H]2OC(C)=O. The molecule has 0 bridgehead atoms. The molecule has 0 spiro atoms. The third kappa shape index (κ3) is 3.73. The van der Waals surface area contributed by atoms with Crippen LogP contribution in [0.5, 0.6) is 5.75 Å².